The third kappa shape index (κ3) is 4.71. The number of nitrogens with one attached hydrogen (secondary N) is 1. The van der Waals surface area contributed by atoms with Gasteiger partial charge in [0.1, 0.15) is 5.75 Å². The molecule has 0 saturated heterocycles. The van der Waals surface area contributed by atoms with Gasteiger partial charge in [0.25, 0.3) is 11.6 Å². The summed E-state index contributed by atoms with van der Waals surface area (Å²) in [5, 5.41) is 22.5. The third-order valence-corrected chi connectivity index (χ3v) is 2.96. The zero-order chi connectivity index (χ0) is 15.8. The molecule has 0 spiro atoms. The molecule has 1 amide bonds. The van der Waals surface area contributed by atoms with E-state index in [1.54, 1.807) is 6.92 Å². The lowest BCUT2D eigenvalue weighted by Crippen LogP contribution is -2.29. The molecule has 0 aromatic heterocycles. The number of carbonyl (C=O) groups excluding carboxylic acids is 1. The summed E-state index contributed by atoms with van der Waals surface area (Å²) in [7, 11) is 0. The highest BCUT2D eigenvalue weighted by Gasteiger charge is 2.25. The van der Waals surface area contributed by atoms with Gasteiger partial charge in [-0.25, -0.2) is 0 Å². The molecule has 7 heteroatoms. The monoisotopic (exact) mass is 296 g/mol. The van der Waals surface area contributed by atoms with E-state index in [0.29, 0.717) is 19.6 Å². The van der Waals surface area contributed by atoms with Crippen LogP contribution in [-0.2, 0) is 0 Å². The fraction of sp³-hybridized carbons (Fsp3) is 0.500. The van der Waals surface area contributed by atoms with Crippen LogP contribution in [0.5, 0.6) is 5.75 Å². The quantitative estimate of drug-likeness (QED) is 0.562. The van der Waals surface area contributed by atoms with Crippen LogP contribution in [0.4, 0.5) is 5.69 Å². The first kappa shape index (κ1) is 16.9. The van der Waals surface area contributed by atoms with E-state index in [-0.39, 0.29) is 29.5 Å². The van der Waals surface area contributed by atoms with E-state index in [4.69, 9.17) is 9.84 Å². The molecule has 0 radical (unpaired) electrons. The summed E-state index contributed by atoms with van der Waals surface area (Å²) in [4.78, 5) is 22.7. The van der Waals surface area contributed by atoms with E-state index in [0.717, 1.165) is 0 Å². The summed E-state index contributed by atoms with van der Waals surface area (Å²) in [6, 6.07) is 4.28. The Morgan fingerprint density at radius 3 is 2.81 bits per heavy atom. The predicted molar refractivity (Wildman–Crippen MR) is 77.5 cm³/mol. The molecule has 7 nitrogen and oxygen atoms in total. The minimum Gasteiger partial charge on any atom is -0.493 e. The number of aliphatic hydroxyl groups excluding tert-OH is 1. The number of rotatable bonds is 8. The smallest absolute Gasteiger partial charge is 0.285 e. The second kappa shape index (κ2) is 8.21. The maximum atomic E-state index is 12.2. The SMILES string of the molecule is CCOc1cccc([N+](=O)[O-])c1C(=O)NCC(C)CCO. The van der Waals surface area contributed by atoms with Crippen LogP contribution in [0.25, 0.3) is 0 Å². The Balaban J connectivity index is 2.97. The Morgan fingerprint density at radius 1 is 1.52 bits per heavy atom. The van der Waals surface area contributed by atoms with Crippen LogP contribution in [0.1, 0.15) is 30.6 Å². The summed E-state index contributed by atoms with van der Waals surface area (Å²) in [5.41, 5.74) is -0.353. The second-order valence-corrected chi connectivity index (χ2v) is 4.67. The average molecular weight is 296 g/mol. The molecule has 1 unspecified atom stereocenters. The van der Waals surface area contributed by atoms with Crippen molar-refractivity contribution in [1.29, 1.82) is 0 Å². The molecule has 0 fully saturated rings. The largest absolute Gasteiger partial charge is 0.493 e. The second-order valence-electron chi connectivity index (χ2n) is 4.67. The zero-order valence-corrected chi connectivity index (χ0v) is 12.2. The number of ether oxygens (including phenoxy) is 1. The molecule has 1 aromatic carbocycles. The number of benzene rings is 1. The van der Waals surface area contributed by atoms with E-state index in [1.807, 2.05) is 6.92 Å². The van der Waals surface area contributed by atoms with Crippen molar-refractivity contribution < 1.29 is 19.6 Å². The lowest BCUT2D eigenvalue weighted by atomic mass is 10.1. The summed E-state index contributed by atoms with van der Waals surface area (Å²) in [5.74, 6) is -0.271. The Morgan fingerprint density at radius 2 is 2.24 bits per heavy atom. The van der Waals surface area contributed by atoms with Gasteiger partial charge in [0.2, 0.25) is 0 Å². The van der Waals surface area contributed by atoms with Gasteiger partial charge in [0.05, 0.1) is 11.5 Å². The first-order chi connectivity index (χ1) is 10.0. The topological polar surface area (TPSA) is 102 Å². The first-order valence-electron chi connectivity index (χ1n) is 6.80. The summed E-state index contributed by atoms with van der Waals surface area (Å²) in [6.07, 6.45) is 0.551. The third-order valence-electron chi connectivity index (χ3n) is 2.96. The Labute approximate surface area is 123 Å². The molecule has 116 valence electrons. The standard InChI is InChI=1S/C14H20N2O5/c1-3-21-12-6-4-5-11(16(19)20)13(12)14(18)15-9-10(2)7-8-17/h4-6,10,17H,3,7-9H2,1-2H3,(H,15,18). The van der Waals surface area contributed by atoms with Gasteiger partial charge in [-0.15, -0.1) is 0 Å². The van der Waals surface area contributed by atoms with Crippen LogP contribution >= 0.6 is 0 Å². The van der Waals surface area contributed by atoms with E-state index in [2.05, 4.69) is 5.32 Å². The van der Waals surface area contributed by atoms with Crippen molar-refractivity contribution in [3.8, 4) is 5.75 Å². The van der Waals surface area contributed by atoms with E-state index in [9.17, 15) is 14.9 Å². The fourth-order valence-electron chi connectivity index (χ4n) is 1.85. The lowest BCUT2D eigenvalue weighted by molar-refractivity contribution is -0.385. The highest BCUT2D eigenvalue weighted by atomic mass is 16.6. The summed E-state index contributed by atoms with van der Waals surface area (Å²) >= 11 is 0. The van der Waals surface area contributed by atoms with Crippen molar-refractivity contribution >= 4 is 11.6 Å². The molecule has 1 rings (SSSR count). The molecule has 1 aromatic rings. The highest BCUT2D eigenvalue weighted by Crippen LogP contribution is 2.28. The summed E-state index contributed by atoms with van der Waals surface area (Å²) in [6.45, 7) is 4.29. The predicted octanol–water partition coefficient (Wildman–Crippen LogP) is 1.74. The van der Waals surface area contributed by atoms with Crippen molar-refractivity contribution in [2.24, 2.45) is 5.92 Å². The molecule has 0 bridgehead atoms. The maximum absolute atomic E-state index is 12.2. The van der Waals surface area contributed by atoms with E-state index < -0.39 is 10.8 Å². The molecule has 0 heterocycles. The maximum Gasteiger partial charge on any atom is 0.285 e. The van der Waals surface area contributed by atoms with Crippen LogP contribution < -0.4 is 10.1 Å². The fourth-order valence-corrected chi connectivity index (χ4v) is 1.85. The minimum absolute atomic E-state index is 0.0344. The number of hydrogen-bond acceptors (Lipinski definition) is 5. The number of nitro benzene ring substituents is 1. The van der Waals surface area contributed by atoms with Gasteiger partial charge >= 0.3 is 0 Å². The molecule has 0 saturated carbocycles. The lowest BCUT2D eigenvalue weighted by Gasteiger charge is -2.13. The Bertz CT molecular complexity index is 504. The number of carbonyl (C=O) groups is 1. The van der Waals surface area contributed by atoms with Crippen molar-refractivity contribution in [2.45, 2.75) is 20.3 Å². The van der Waals surface area contributed by atoms with E-state index in [1.165, 1.54) is 18.2 Å². The van der Waals surface area contributed by atoms with Crippen molar-refractivity contribution in [3.05, 3.63) is 33.9 Å². The van der Waals surface area contributed by atoms with Crippen LogP contribution in [0.2, 0.25) is 0 Å². The van der Waals surface area contributed by atoms with Crippen LogP contribution in [0.3, 0.4) is 0 Å². The minimum atomic E-state index is -0.603. The number of nitrogens with zero attached hydrogens (tertiary/aromatic N) is 1. The van der Waals surface area contributed by atoms with Crippen LogP contribution in [0.15, 0.2) is 18.2 Å². The first-order valence-corrected chi connectivity index (χ1v) is 6.80. The molecule has 21 heavy (non-hydrogen) atoms. The van der Waals surface area contributed by atoms with Gasteiger partial charge in [-0.05, 0) is 25.3 Å². The Kier molecular flexibility index (Phi) is 6.61. The van der Waals surface area contributed by atoms with Gasteiger partial charge in [-0.1, -0.05) is 13.0 Å². The van der Waals surface area contributed by atoms with Crippen LogP contribution in [-0.4, -0.2) is 35.7 Å². The molecular formula is C14H20N2O5. The van der Waals surface area contributed by atoms with Gasteiger partial charge in [-0.3, -0.25) is 14.9 Å². The molecule has 0 aliphatic carbocycles. The molecule has 0 aliphatic rings. The highest BCUT2D eigenvalue weighted by molar-refractivity contribution is 6.00. The Hall–Kier alpha value is -2.15. The van der Waals surface area contributed by atoms with Gasteiger partial charge < -0.3 is 15.2 Å². The molecule has 1 atom stereocenters. The average Bonchev–Trinajstić information content (AvgIpc) is 2.45. The van der Waals surface area contributed by atoms with Crippen molar-refractivity contribution in [1.82, 2.24) is 5.32 Å². The van der Waals surface area contributed by atoms with Crippen molar-refractivity contribution in [3.63, 3.8) is 0 Å². The molecular weight excluding hydrogens is 276 g/mol. The van der Waals surface area contributed by atoms with E-state index >= 15 is 0 Å². The van der Waals surface area contributed by atoms with Gasteiger partial charge in [0, 0.05) is 19.2 Å². The van der Waals surface area contributed by atoms with Crippen LogP contribution in [0, 0.1) is 16.0 Å². The van der Waals surface area contributed by atoms with Gasteiger partial charge in [-0.2, -0.15) is 0 Å². The van der Waals surface area contributed by atoms with Gasteiger partial charge in [0.15, 0.2) is 5.56 Å². The number of hydrogen-bond donors (Lipinski definition) is 2. The number of nitro groups is 1. The molecule has 0 aliphatic heterocycles. The zero-order valence-electron chi connectivity index (χ0n) is 12.2. The number of amides is 1. The number of aliphatic hydroxyl groups is 1. The molecule has 2 N–H and O–H groups in total. The summed E-state index contributed by atoms with van der Waals surface area (Å²) < 4.78 is 5.30. The normalized spacial score (nSPS) is 11.8. The van der Waals surface area contributed by atoms with Crippen molar-refractivity contribution in [2.75, 3.05) is 19.8 Å².